The smallest absolute Gasteiger partial charge is 0.0888 e. The molecule has 0 spiro atoms. The van der Waals surface area contributed by atoms with Gasteiger partial charge in [0.1, 0.15) is 0 Å². The van der Waals surface area contributed by atoms with E-state index in [-0.39, 0.29) is 0 Å². The number of hydrogen-bond acceptors (Lipinski definition) is 2. The van der Waals surface area contributed by atoms with Gasteiger partial charge in [-0.3, -0.25) is 4.98 Å². The van der Waals surface area contributed by atoms with Crippen molar-refractivity contribution in [2.24, 2.45) is 11.3 Å². The average molecular weight is 299 g/mol. The van der Waals surface area contributed by atoms with E-state index in [9.17, 15) is 0 Å². The number of aryl methyl sites for hydroxylation is 1. The van der Waals surface area contributed by atoms with Gasteiger partial charge in [0.15, 0.2) is 0 Å². The number of rotatable bonds is 1. The van der Waals surface area contributed by atoms with E-state index >= 15 is 0 Å². The van der Waals surface area contributed by atoms with Gasteiger partial charge >= 0.3 is 0 Å². The standard InChI is InChI=1S/C17H22N2.C2H7N/c1-5-13-10-16-15(18-13)9-11-8-12(17(2,3)4)6-7-14(11)19-16;1-3-2/h5,9-10,12,18H,1,6-8H2,2-4H3;3H,1-2H3. The Bertz CT molecular complexity index is 646. The molecule has 0 bridgehead atoms. The Morgan fingerprint density at radius 3 is 2.59 bits per heavy atom. The minimum atomic E-state index is 0.384. The monoisotopic (exact) mass is 299 g/mol. The Hall–Kier alpha value is -1.61. The molecule has 1 unspecified atom stereocenters. The molecule has 1 aliphatic carbocycles. The minimum Gasteiger partial charge on any atom is -0.354 e. The van der Waals surface area contributed by atoms with Crippen LogP contribution in [0.3, 0.4) is 0 Å². The van der Waals surface area contributed by atoms with Gasteiger partial charge in [-0.05, 0) is 68.5 Å². The molecule has 3 rings (SSSR count). The second kappa shape index (κ2) is 6.66. The number of hydrogen-bond donors (Lipinski definition) is 2. The van der Waals surface area contributed by atoms with Gasteiger partial charge in [-0.1, -0.05) is 27.4 Å². The normalized spacial score (nSPS) is 17.6. The Morgan fingerprint density at radius 1 is 1.32 bits per heavy atom. The highest BCUT2D eigenvalue weighted by Gasteiger charge is 2.29. The van der Waals surface area contributed by atoms with Gasteiger partial charge in [-0.2, -0.15) is 0 Å². The summed E-state index contributed by atoms with van der Waals surface area (Å²) >= 11 is 0. The first kappa shape index (κ1) is 16.8. The van der Waals surface area contributed by atoms with E-state index in [1.54, 1.807) is 0 Å². The van der Waals surface area contributed by atoms with Crippen molar-refractivity contribution >= 4 is 17.1 Å². The van der Waals surface area contributed by atoms with Crippen LogP contribution in [0.2, 0.25) is 0 Å². The third-order valence-corrected chi connectivity index (χ3v) is 4.43. The summed E-state index contributed by atoms with van der Waals surface area (Å²) in [5, 5.41) is 2.75. The predicted molar refractivity (Wildman–Crippen MR) is 96.1 cm³/mol. The van der Waals surface area contributed by atoms with Crippen LogP contribution in [0, 0.1) is 11.3 Å². The molecule has 0 radical (unpaired) electrons. The van der Waals surface area contributed by atoms with Crippen molar-refractivity contribution in [3.05, 3.63) is 35.7 Å². The zero-order chi connectivity index (χ0) is 16.3. The molecule has 3 heteroatoms. The molecule has 2 N–H and O–H groups in total. The largest absolute Gasteiger partial charge is 0.354 e. The molecule has 3 nitrogen and oxygen atoms in total. The summed E-state index contributed by atoms with van der Waals surface area (Å²) in [6, 6.07) is 4.38. The van der Waals surface area contributed by atoms with E-state index in [2.05, 4.69) is 49.8 Å². The van der Waals surface area contributed by atoms with E-state index in [1.165, 1.54) is 17.7 Å². The van der Waals surface area contributed by atoms with Gasteiger partial charge in [0, 0.05) is 11.4 Å². The molecule has 2 aromatic heterocycles. The molecular weight excluding hydrogens is 270 g/mol. The van der Waals surface area contributed by atoms with Crippen LogP contribution in [-0.2, 0) is 12.8 Å². The third kappa shape index (κ3) is 3.58. The van der Waals surface area contributed by atoms with Gasteiger partial charge in [0.05, 0.1) is 11.0 Å². The van der Waals surface area contributed by atoms with Crippen LogP contribution in [0.1, 0.15) is 44.1 Å². The summed E-state index contributed by atoms with van der Waals surface area (Å²) in [4.78, 5) is 8.19. The molecule has 0 saturated carbocycles. The summed E-state index contributed by atoms with van der Waals surface area (Å²) in [6.07, 6.45) is 5.37. The fourth-order valence-corrected chi connectivity index (χ4v) is 3.08. The second-order valence-electron chi connectivity index (χ2n) is 7.26. The maximum Gasteiger partial charge on any atom is 0.0888 e. The summed E-state index contributed by atoms with van der Waals surface area (Å²) in [5.41, 5.74) is 6.37. The minimum absolute atomic E-state index is 0.384. The Kier molecular flexibility index (Phi) is 5.07. The van der Waals surface area contributed by atoms with E-state index in [0.717, 1.165) is 35.5 Å². The van der Waals surface area contributed by atoms with Gasteiger partial charge in [-0.25, -0.2) is 0 Å². The lowest BCUT2D eigenvalue weighted by Gasteiger charge is -2.34. The fourth-order valence-electron chi connectivity index (χ4n) is 3.08. The van der Waals surface area contributed by atoms with Gasteiger partial charge < -0.3 is 10.3 Å². The summed E-state index contributed by atoms with van der Waals surface area (Å²) in [5.74, 6) is 0.757. The summed E-state index contributed by atoms with van der Waals surface area (Å²) < 4.78 is 0. The van der Waals surface area contributed by atoms with Crippen molar-refractivity contribution in [3.8, 4) is 0 Å². The van der Waals surface area contributed by atoms with E-state index in [4.69, 9.17) is 4.98 Å². The molecule has 22 heavy (non-hydrogen) atoms. The van der Waals surface area contributed by atoms with Crippen LogP contribution in [0.25, 0.3) is 17.1 Å². The highest BCUT2D eigenvalue weighted by atomic mass is 14.8. The van der Waals surface area contributed by atoms with Crippen molar-refractivity contribution in [1.82, 2.24) is 15.3 Å². The van der Waals surface area contributed by atoms with Crippen molar-refractivity contribution in [2.75, 3.05) is 14.1 Å². The van der Waals surface area contributed by atoms with Crippen molar-refractivity contribution in [1.29, 1.82) is 0 Å². The second-order valence-corrected chi connectivity index (χ2v) is 7.26. The van der Waals surface area contributed by atoms with Gasteiger partial charge in [0.2, 0.25) is 0 Å². The predicted octanol–water partition coefficient (Wildman–Crippen LogP) is 4.19. The number of aromatic amines is 1. The molecule has 0 fully saturated rings. The van der Waals surface area contributed by atoms with E-state index in [1.807, 2.05) is 20.2 Å². The Balaban J connectivity index is 0.000000545. The van der Waals surface area contributed by atoms with Crippen LogP contribution in [0.15, 0.2) is 18.7 Å². The van der Waals surface area contributed by atoms with E-state index < -0.39 is 0 Å². The molecule has 120 valence electrons. The number of aromatic nitrogens is 2. The molecule has 0 aromatic carbocycles. The fraction of sp³-hybridized carbons (Fsp3) is 0.526. The summed E-state index contributed by atoms with van der Waals surface area (Å²) in [7, 11) is 3.75. The number of nitrogens with one attached hydrogen (secondary N) is 2. The maximum atomic E-state index is 4.82. The number of H-pyrrole nitrogens is 1. The van der Waals surface area contributed by atoms with Crippen molar-refractivity contribution in [2.45, 2.75) is 40.0 Å². The molecule has 2 aromatic rings. The molecule has 0 saturated heterocycles. The van der Waals surface area contributed by atoms with Crippen LogP contribution in [-0.4, -0.2) is 24.1 Å². The van der Waals surface area contributed by atoms with Crippen LogP contribution in [0.5, 0.6) is 0 Å². The van der Waals surface area contributed by atoms with Gasteiger partial charge in [0.25, 0.3) is 0 Å². The number of pyridine rings is 1. The molecule has 1 aliphatic rings. The lowest BCUT2D eigenvalue weighted by Crippen LogP contribution is -2.27. The third-order valence-electron chi connectivity index (χ3n) is 4.43. The lowest BCUT2D eigenvalue weighted by atomic mass is 9.71. The SMILES string of the molecule is C=Cc1cc2nc3c(cc2[nH]1)CC(C(C)(C)C)CC3.CNC. The number of fused-ring (bicyclic) bond motifs is 2. The van der Waals surface area contributed by atoms with Gasteiger partial charge in [-0.15, -0.1) is 0 Å². The van der Waals surface area contributed by atoms with Crippen LogP contribution < -0.4 is 5.32 Å². The molecular formula is C19H29N3. The Labute approximate surface area is 134 Å². The Morgan fingerprint density at radius 2 is 2.00 bits per heavy atom. The average Bonchev–Trinajstić information content (AvgIpc) is 2.85. The van der Waals surface area contributed by atoms with E-state index in [0.29, 0.717) is 5.41 Å². The lowest BCUT2D eigenvalue weighted by molar-refractivity contribution is 0.215. The first-order chi connectivity index (χ1) is 10.4. The topological polar surface area (TPSA) is 40.7 Å². The summed E-state index contributed by atoms with van der Waals surface area (Å²) in [6.45, 7) is 10.8. The molecule has 0 aliphatic heterocycles. The quantitative estimate of drug-likeness (QED) is 0.829. The first-order valence-corrected chi connectivity index (χ1v) is 8.11. The van der Waals surface area contributed by atoms with Crippen LogP contribution in [0.4, 0.5) is 0 Å². The van der Waals surface area contributed by atoms with Crippen molar-refractivity contribution < 1.29 is 0 Å². The number of nitrogens with zero attached hydrogens (tertiary/aromatic N) is 1. The van der Waals surface area contributed by atoms with Crippen LogP contribution >= 0.6 is 0 Å². The first-order valence-electron chi connectivity index (χ1n) is 8.11. The highest BCUT2D eigenvalue weighted by molar-refractivity contribution is 5.79. The molecule has 1 atom stereocenters. The zero-order valence-electron chi connectivity index (χ0n) is 14.6. The molecule has 2 heterocycles. The highest BCUT2D eigenvalue weighted by Crippen LogP contribution is 2.37. The zero-order valence-corrected chi connectivity index (χ0v) is 14.6. The molecule has 0 amide bonds. The maximum absolute atomic E-state index is 4.82. The van der Waals surface area contributed by atoms with Crippen molar-refractivity contribution in [3.63, 3.8) is 0 Å².